The van der Waals surface area contributed by atoms with E-state index < -0.39 is 0 Å². The maximum absolute atomic E-state index is 9.21. The van der Waals surface area contributed by atoms with Gasteiger partial charge in [-0.05, 0) is 57.8 Å². The molecule has 2 aliphatic rings. The van der Waals surface area contributed by atoms with Crippen molar-refractivity contribution in [3.8, 4) is 0 Å². The summed E-state index contributed by atoms with van der Waals surface area (Å²) in [5.74, 6) is 1.29. The minimum atomic E-state index is 0.0163. The Morgan fingerprint density at radius 2 is 1.67 bits per heavy atom. The van der Waals surface area contributed by atoms with Crippen molar-refractivity contribution in [2.75, 3.05) is 6.61 Å². The SMILES string of the molecule is CC.CC.CC(/C=C/C1CCCC(CO)O1)=C\CC1OC(C)C(C)CC1C. The van der Waals surface area contributed by atoms with Crippen LogP contribution in [0.1, 0.15) is 87.5 Å². The predicted molar refractivity (Wildman–Crippen MR) is 117 cm³/mol. The lowest BCUT2D eigenvalue weighted by molar-refractivity contribution is -0.0958. The number of hydrogen-bond acceptors (Lipinski definition) is 3. The van der Waals surface area contributed by atoms with Crippen molar-refractivity contribution in [1.82, 2.24) is 0 Å². The van der Waals surface area contributed by atoms with Crippen molar-refractivity contribution in [1.29, 1.82) is 0 Å². The fourth-order valence-electron chi connectivity index (χ4n) is 3.60. The van der Waals surface area contributed by atoms with Gasteiger partial charge in [0.15, 0.2) is 0 Å². The van der Waals surface area contributed by atoms with Gasteiger partial charge >= 0.3 is 0 Å². The predicted octanol–water partition coefficient (Wildman–Crippen LogP) is 6.31. The molecule has 2 saturated heterocycles. The Hall–Kier alpha value is -0.640. The first-order valence-corrected chi connectivity index (χ1v) is 11.3. The van der Waals surface area contributed by atoms with Gasteiger partial charge in [-0.3, -0.25) is 0 Å². The molecule has 0 bridgehead atoms. The van der Waals surface area contributed by atoms with E-state index in [4.69, 9.17) is 9.47 Å². The Morgan fingerprint density at radius 1 is 1.00 bits per heavy atom. The van der Waals surface area contributed by atoms with E-state index in [1.165, 1.54) is 12.0 Å². The topological polar surface area (TPSA) is 38.7 Å². The van der Waals surface area contributed by atoms with Gasteiger partial charge in [-0.2, -0.15) is 0 Å². The van der Waals surface area contributed by atoms with Crippen LogP contribution in [0.5, 0.6) is 0 Å². The normalized spacial score (nSPS) is 34.3. The van der Waals surface area contributed by atoms with Crippen LogP contribution in [0, 0.1) is 11.8 Å². The molecule has 2 heterocycles. The van der Waals surface area contributed by atoms with Crippen LogP contribution >= 0.6 is 0 Å². The summed E-state index contributed by atoms with van der Waals surface area (Å²) in [5, 5.41) is 9.21. The van der Waals surface area contributed by atoms with Crippen molar-refractivity contribution in [3.05, 3.63) is 23.8 Å². The smallest absolute Gasteiger partial charge is 0.0813 e. The zero-order valence-corrected chi connectivity index (χ0v) is 19.2. The van der Waals surface area contributed by atoms with Crippen LogP contribution in [0.25, 0.3) is 0 Å². The van der Waals surface area contributed by atoms with Gasteiger partial charge in [-0.25, -0.2) is 0 Å². The zero-order chi connectivity index (χ0) is 20.8. The number of aliphatic hydroxyl groups excluding tert-OH is 1. The minimum Gasteiger partial charge on any atom is -0.394 e. The summed E-state index contributed by atoms with van der Waals surface area (Å²) < 4.78 is 12.0. The zero-order valence-electron chi connectivity index (χ0n) is 19.2. The van der Waals surface area contributed by atoms with Crippen LogP contribution in [0.2, 0.25) is 0 Å². The van der Waals surface area contributed by atoms with Gasteiger partial charge in [-0.15, -0.1) is 0 Å². The van der Waals surface area contributed by atoms with Crippen LogP contribution in [0.15, 0.2) is 23.8 Å². The molecule has 0 amide bonds. The van der Waals surface area contributed by atoms with Crippen LogP contribution in [0.4, 0.5) is 0 Å². The second-order valence-electron chi connectivity index (χ2n) is 7.52. The minimum absolute atomic E-state index is 0.0163. The molecule has 3 nitrogen and oxygen atoms in total. The summed E-state index contributed by atoms with van der Waals surface area (Å²) in [6.07, 6.45) is 12.9. The molecule has 6 unspecified atom stereocenters. The molecule has 2 aliphatic heterocycles. The average Bonchev–Trinajstić information content (AvgIpc) is 2.71. The fraction of sp³-hybridized carbons (Fsp3) is 0.833. The molecule has 0 aliphatic carbocycles. The lowest BCUT2D eigenvalue weighted by atomic mass is 9.85. The summed E-state index contributed by atoms with van der Waals surface area (Å²) in [5.41, 5.74) is 1.27. The molecular formula is C24H46O3. The first-order valence-electron chi connectivity index (χ1n) is 11.3. The van der Waals surface area contributed by atoms with Crippen LogP contribution < -0.4 is 0 Å². The van der Waals surface area contributed by atoms with Gasteiger partial charge in [0.05, 0.1) is 31.0 Å². The molecule has 2 rings (SSSR count). The Kier molecular flexibility index (Phi) is 14.9. The van der Waals surface area contributed by atoms with Crippen LogP contribution in [0.3, 0.4) is 0 Å². The maximum atomic E-state index is 9.21. The van der Waals surface area contributed by atoms with Gasteiger partial charge in [0.2, 0.25) is 0 Å². The molecule has 0 spiro atoms. The highest BCUT2D eigenvalue weighted by Gasteiger charge is 2.30. The Morgan fingerprint density at radius 3 is 2.30 bits per heavy atom. The van der Waals surface area contributed by atoms with Gasteiger partial charge in [0.1, 0.15) is 0 Å². The Bertz CT molecular complexity index is 416. The van der Waals surface area contributed by atoms with Crippen molar-refractivity contribution >= 4 is 0 Å². The van der Waals surface area contributed by atoms with Crippen molar-refractivity contribution in [2.45, 2.75) is 112 Å². The number of allylic oxidation sites excluding steroid dienone is 2. The van der Waals surface area contributed by atoms with Crippen LogP contribution in [-0.4, -0.2) is 36.1 Å². The standard InChI is InChI=1S/C20H34O3.2C2H6/c1-14(8-10-18-6-5-7-19(13-21)23-18)9-11-20-16(3)12-15(2)17(4)22-20;2*1-2/h8-10,15-21H,5-7,11-13H2,1-4H3;2*1-2H3/b10-8+,14-9+;;. The van der Waals surface area contributed by atoms with Crippen molar-refractivity contribution in [3.63, 3.8) is 0 Å². The summed E-state index contributed by atoms with van der Waals surface area (Å²) in [4.78, 5) is 0. The number of aliphatic hydroxyl groups is 1. The van der Waals surface area contributed by atoms with E-state index in [0.717, 1.165) is 25.7 Å². The average molecular weight is 383 g/mol. The molecule has 0 aromatic rings. The summed E-state index contributed by atoms with van der Waals surface area (Å²) in [6.45, 7) is 17.1. The second kappa shape index (κ2) is 15.3. The lowest BCUT2D eigenvalue weighted by Gasteiger charge is -2.37. The third-order valence-corrected chi connectivity index (χ3v) is 5.40. The maximum Gasteiger partial charge on any atom is 0.0813 e. The molecule has 160 valence electrons. The van der Waals surface area contributed by atoms with E-state index in [1.54, 1.807) is 0 Å². The number of ether oxygens (including phenoxy) is 2. The summed E-state index contributed by atoms with van der Waals surface area (Å²) >= 11 is 0. The van der Waals surface area contributed by atoms with E-state index >= 15 is 0 Å². The van der Waals surface area contributed by atoms with E-state index in [2.05, 4.69) is 45.9 Å². The first-order chi connectivity index (χ1) is 13.0. The second-order valence-corrected chi connectivity index (χ2v) is 7.52. The molecule has 0 saturated carbocycles. The first kappa shape index (κ1) is 26.4. The van der Waals surface area contributed by atoms with Gasteiger partial charge in [0.25, 0.3) is 0 Å². The van der Waals surface area contributed by atoms with Gasteiger partial charge in [0, 0.05) is 0 Å². The molecule has 2 fully saturated rings. The van der Waals surface area contributed by atoms with Crippen LogP contribution in [-0.2, 0) is 9.47 Å². The number of hydrogen-bond donors (Lipinski definition) is 1. The highest BCUT2D eigenvalue weighted by atomic mass is 16.5. The molecule has 3 heteroatoms. The Labute approximate surface area is 169 Å². The molecule has 0 aromatic carbocycles. The van der Waals surface area contributed by atoms with E-state index in [9.17, 15) is 5.11 Å². The third-order valence-electron chi connectivity index (χ3n) is 5.40. The Balaban J connectivity index is 0.00000158. The van der Waals surface area contributed by atoms with Crippen molar-refractivity contribution in [2.24, 2.45) is 11.8 Å². The molecule has 0 aromatic heterocycles. The molecule has 6 atom stereocenters. The van der Waals surface area contributed by atoms with Crippen molar-refractivity contribution < 1.29 is 14.6 Å². The quantitative estimate of drug-likeness (QED) is 0.566. The highest BCUT2D eigenvalue weighted by molar-refractivity contribution is 5.17. The third kappa shape index (κ3) is 9.91. The summed E-state index contributed by atoms with van der Waals surface area (Å²) in [7, 11) is 0. The molecule has 27 heavy (non-hydrogen) atoms. The van der Waals surface area contributed by atoms with E-state index in [0.29, 0.717) is 24.0 Å². The number of rotatable bonds is 5. The molecular weight excluding hydrogens is 336 g/mol. The fourth-order valence-corrected chi connectivity index (χ4v) is 3.60. The molecule has 0 radical (unpaired) electrons. The van der Waals surface area contributed by atoms with Gasteiger partial charge in [-0.1, -0.05) is 65.3 Å². The largest absolute Gasteiger partial charge is 0.394 e. The summed E-state index contributed by atoms with van der Waals surface area (Å²) in [6, 6.07) is 0. The monoisotopic (exact) mass is 382 g/mol. The highest BCUT2D eigenvalue weighted by Crippen LogP contribution is 2.31. The van der Waals surface area contributed by atoms with E-state index in [1.807, 2.05) is 27.7 Å². The van der Waals surface area contributed by atoms with E-state index in [-0.39, 0.29) is 18.8 Å². The molecule has 1 N–H and O–H groups in total. The lowest BCUT2D eigenvalue weighted by Crippen LogP contribution is -2.37. The van der Waals surface area contributed by atoms with Gasteiger partial charge < -0.3 is 14.6 Å².